The van der Waals surface area contributed by atoms with E-state index in [1.807, 2.05) is 6.07 Å². The maximum Gasteiger partial charge on any atom is 0.340 e. The summed E-state index contributed by atoms with van der Waals surface area (Å²) in [6.07, 6.45) is 0. The zero-order valence-electron chi connectivity index (χ0n) is 16.3. The number of piperazine rings is 1. The minimum atomic E-state index is -0.943. The largest absolute Gasteiger partial charge is 0.465 e. The van der Waals surface area contributed by atoms with Gasteiger partial charge >= 0.3 is 5.97 Å². The van der Waals surface area contributed by atoms with E-state index in [9.17, 15) is 34.7 Å². The highest BCUT2D eigenvalue weighted by Crippen LogP contribution is 2.37. The zero-order valence-corrected chi connectivity index (χ0v) is 16.3. The molecule has 0 N–H and O–H groups in total. The minimum Gasteiger partial charge on any atom is -0.465 e. The fourth-order valence-electron chi connectivity index (χ4n) is 3.50. The normalized spacial score (nSPS) is 13.5. The Morgan fingerprint density at radius 1 is 1.13 bits per heavy atom. The molecule has 2 aromatic carbocycles. The third-order valence-electron chi connectivity index (χ3n) is 4.93. The van der Waals surface area contributed by atoms with Crippen LogP contribution in [-0.4, -0.2) is 49.1 Å². The molecule has 0 radical (unpaired) electrons. The topological polar surface area (TPSA) is 143 Å². The second-order valence-electron chi connectivity index (χ2n) is 6.59. The summed E-state index contributed by atoms with van der Waals surface area (Å²) in [5, 5.41) is 32.0. The van der Waals surface area contributed by atoms with Gasteiger partial charge in [0.15, 0.2) is 0 Å². The van der Waals surface area contributed by atoms with Crippen molar-refractivity contribution in [2.24, 2.45) is 0 Å². The van der Waals surface area contributed by atoms with Crippen molar-refractivity contribution in [1.29, 1.82) is 5.26 Å². The molecule has 31 heavy (non-hydrogen) atoms. The van der Waals surface area contributed by atoms with Crippen molar-refractivity contribution in [2.45, 2.75) is 0 Å². The number of nitrogens with zero attached hydrogens (tertiary/aromatic N) is 5. The van der Waals surface area contributed by atoms with E-state index in [0.29, 0.717) is 5.69 Å². The number of halogens is 1. The molecule has 1 saturated heterocycles. The highest BCUT2D eigenvalue weighted by Gasteiger charge is 2.33. The van der Waals surface area contributed by atoms with Gasteiger partial charge in [0.05, 0.1) is 34.3 Å². The predicted molar refractivity (Wildman–Crippen MR) is 107 cm³/mol. The molecule has 0 spiro atoms. The van der Waals surface area contributed by atoms with E-state index in [0.717, 1.165) is 19.2 Å². The van der Waals surface area contributed by atoms with Gasteiger partial charge in [-0.3, -0.25) is 20.2 Å². The third-order valence-corrected chi connectivity index (χ3v) is 4.93. The molecular formula is C19H16FN5O6. The van der Waals surface area contributed by atoms with Gasteiger partial charge in [-0.1, -0.05) is 6.07 Å². The van der Waals surface area contributed by atoms with Crippen LogP contribution in [-0.2, 0) is 4.74 Å². The molecule has 1 aliphatic heterocycles. The van der Waals surface area contributed by atoms with Crippen LogP contribution in [0.3, 0.4) is 0 Å². The van der Waals surface area contributed by atoms with Crippen molar-refractivity contribution >= 4 is 28.7 Å². The van der Waals surface area contributed by atoms with E-state index in [1.54, 1.807) is 15.9 Å². The van der Waals surface area contributed by atoms with Crippen molar-refractivity contribution < 1.29 is 23.8 Å². The van der Waals surface area contributed by atoms with Gasteiger partial charge in [-0.25, -0.2) is 9.18 Å². The number of hydrogen-bond donors (Lipinski definition) is 0. The summed E-state index contributed by atoms with van der Waals surface area (Å²) in [6, 6.07) is 7.84. The summed E-state index contributed by atoms with van der Waals surface area (Å²) in [4.78, 5) is 36.7. The highest BCUT2D eigenvalue weighted by atomic mass is 19.1. The first-order chi connectivity index (χ1) is 14.8. The Morgan fingerprint density at radius 3 is 2.32 bits per heavy atom. The Bertz CT molecular complexity index is 1110. The SMILES string of the molecule is COC(=O)c1cc([N+](=O)[O-])cc([N+](=O)[O-])c1N1CCN(c2cccc(F)c2C#N)CC1. The summed E-state index contributed by atoms with van der Waals surface area (Å²) in [5.74, 6) is -1.59. The average molecular weight is 429 g/mol. The number of anilines is 2. The number of benzene rings is 2. The van der Waals surface area contributed by atoms with E-state index < -0.39 is 33.0 Å². The Labute approximate surface area is 175 Å². The molecular weight excluding hydrogens is 413 g/mol. The van der Waals surface area contributed by atoms with Crippen LogP contribution in [0.2, 0.25) is 0 Å². The molecule has 1 fully saturated rings. The van der Waals surface area contributed by atoms with Crippen LogP contribution in [0.4, 0.5) is 27.1 Å². The number of rotatable bonds is 5. The van der Waals surface area contributed by atoms with E-state index in [1.165, 1.54) is 12.1 Å². The lowest BCUT2D eigenvalue weighted by Crippen LogP contribution is -2.47. The molecule has 0 saturated carbocycles. The Morgan fingerprint density at radius 2 is 1.77 bits per heavy atom. The molecule has 0 atom stereocenters. The number of nitro groups is 2. The molecule has 160 valence electrons. The fourth-order valence-corrected chi connectivity index (χ4v) is 3.50. The van der Waals surface area contributed by atoms with Crippen molar-refractivity contribution in [3.05, 3.63) is 67.5 Å². The van der Waals surface area contributed by atoms with Crippen LogP contribution in [0.5, 0.6) is 0 Å². The van der Waals surface area contributed by atoms with Gasteiger partial charge in [0.2, 0.25) is 0 Å². The second kappa shape index (κ2) is 8.62. The summed E-state index contributed by atoms with van der Waals surface area (Å²) < 4.78 is 18.6. The van der Waals surface area contributed by atoms with E-state index in [2.05, 4.69) is 4.74 Å². The molecule has 1 heterocycles. The lowest BCUT2D eigenvalue weighted by Gasteiger charge is -2.37. The number of hydrogen-bond acceptors (Lipinski definition) is 9. The second-order valence-corrected chi connectivity index (χ2v) is 6.59. The first-order valence-corrected chi connectivity index (χ1v) is 9.02. The smallest absolute Gasteiger partial charge is 0.340 e. The molecule has 3 rings (SSSR count). The number of carbonyl (C=O) groups excluding carboxylic acids is 1. The number of carbonyl (C=O) groups is 1. The van der Waals surface area contributed by atoms with Crippen LogP contribution in [0.1, 0.15) is 15.9 Å². The van der Waals surface area contributed by atoms with Crippen LogP contribution >= 0.6 is 0 Å². The van der Waals surface area contributed by atoms with Gasteiger partial charge in [0.1, 0.15) is 23.1 Å². The third kappa shape index (κ3) is 4.06. The quantitative estimate of drug-likeness (QED) is 0.398. The van der Waals surface area contributed by atoms with Crippen molar-refractivity contribution in [3.8, 4) is 6.07 Å². The number of methoxy groups -OCH3 is 1. The first kappa shape index (κ1) is 21.4. The number of nitriles is 1. The maximum absolute atomic E-state index is 13.9. The lowest BCUT2D eigenvalue weighted by molar-refractivity contribution is -0.393. The van der Waals surface area contributed by atoms with Crippen molar-refractivity contribution in [2.75, 3.05) is 43.1 Å². The molecule has 1 aliphatic rings. The fraction of sp³-hybridized carbons (Fsp3) is 0.263. The van der Waals surface area contributed by atoms with Crippen molar-refractivity contribution in [1.82, 2.24) is 0 Å². The maximum atomic E-state index is 13.9. The highest BCUT2D eigenvalue weighted by molar-refractivity contribution is 5.99. The minimum absolute atomic E-state index is 0.0816. The number of nitro benzene ring substituents is 2. The standard InChI is InChI=1S/C19H16FN5O6/c1-31-19(26)13-9-12(24(27)28)10-17(25(29)30)18(13)23-7-5-22(6-8-23)16-4-2-3-15(20)14(16)11-21/h2-4,9-10H,5-8H2,1H3. The van der Waals surface area contributed by atoms with E-state index in [4.69, 9.17) is 0 Å². The van der Waals surface area contributed by atoms with Crippen LogP contribution in [0.15, 0.2) is 30.3 Å². The molecule has 0 aliphatic carbocycles. The van der Waals surface area contributed by atoms with Crippen LogP contribution < -0.4 is 9.80 Å². The number of ether oxygens (including phenoxy) is 1. The predicted octanol–water partition coefficient (Wildman–Crippen LogP) is 2.63. The van der Waals surface area contributed by atoms with Gasteiger partial charge in [0.25, 0.3) is 11.4 Å². The van der Waals surface area contributed by atoms with E-state index in [-0.39, 0.29) is 43.0 Å². The molecule has 0 aromatic heterocycles. The molecule has 2 aromatic rings. The molecule has 0 bridgehead atoms. The van der Waals surface area contributed by atoms with Gasteiger partial charge < -0.3 is 14.5 Å². The van der Waals surface area contributed by atoms with E-state index >= 15 is 0 Å². The van der Waals surface area contributed by atoms with Crippen molar-refractivity contribution in [3.63, 3.8) is 0 Å². The zero-order chi connectivity index (χ0) is 22.7. The summed E-state index contributed by atoms with van der Waals surface area (Å²) >= 11 is 0. The molecule has 12 heteroatoms. The van der Waals surface area contributed by atoms with Gasteiger partial charge in [-0.05, 0) is 12.1 Å². The van der Waals surface area contributed by atoms with Gasteiger partial charge in [-0.15, -0.1) is 0 Å². The van der Waals surface area contributed by atoms with Crippen LogP contribution in [0.25, 0.3) is 0 Å². The number of esters is 1. The Hall–Kier alpha value is -4.27. The summed E-state index contributed by atoms with van der Waals surface area (Å²) in [7, 11) is 1.07. The van der Waals surface area contributed by atoms with Crippen LogP contribution in [0, 0.1) is 37.4 Å². The van der Waals surface area contributed by atoms with Gasteiger partial charge in [-0.2, -0.15) is 5.26 Å². The summed E-state index contributed by atoms with van der Waals surface area (Å²) in [5.41, 5.74) is -1.28. The van der Waals surface area contributed by atoms with Gasteiger partial charge in [0, 0.05) is 32.2 Å². The lowest BCUT2D eigenvalue weighted by atomic mass is 10.1. The molecule has 11 nitrogen and oxygen atoms in total. The Kier molecular flexibility index (Phi) is 5.96. The molecule has 0 unspecified atom stereocenters. The summed E-state index contributed by atoms with van der Waals surface area (Å²) in [6.45, 7) is 0.911. The monoisotopic (exact) mass is 429 g/mol. The first-order valence-electron chi connectivity index (χ1n) is 9.02. The average Bonchev–Trinajstić information content (AvgIpc) is 2.77. The molecule has 0 amide bonds. The number of non-ortho nitro benzene ring substituents is 1. The Balaban J connectivity index is 1.99.